The molecule has 2 aromatic rings. The molecule has 0 fully saturated rings. The minimum atomic E-state index is -0.333. The summed E-state index contributed by atoms with van der Waals surface area (Å²) in [4.78, 5) is 27.7. The monoisotopic (exact) mass is 280 g/mol. The highest BCUT2D eigenvalue weighted by Crippen LogP contribution is 2.15. The molecule has 2 rings (SSSR count). The Labute approximate surface area is 114 Å². The predicted octanol–water partition coefficient (Wildman–Crippen LogP) is 1.69. The van der Waals surface area contributed by atoms with Crippen molar-refractivity contribution < 1.29 is 9.53 Å². The zero-order chi connectivity index (χ0) is 14.0. The van der Waals surface area contributed by atoms with Gasteiger partial charge in [0.15, 0.2) is 0 Å². The molecular formula is C13H13ClN2O3. The molecule has 1 aromatic carbocycles. The van der Waals surface area contributed by atoms with E-state index in [9.17, 15) is 9.59 Å². The second kappa shape index (κ2) is 5.40. The van der Waals surface area contributed by atoms with Gasteiger partial charge in [0, 0.05) is 18.5 Å². The molecule has 6 heteroatoms. The van der Waals surface area contributed by atoms with Crippen LogP contribution in [0.25, 0.3) is 10.9 Å². The fraction of sp³-hybridized carbons (Fsp3) is 0.308. The fourth-order valence-electron chi connectivity index (χ4n) is 1.83. The van der Waals surface area contributed by atoms with Crippen LogP contribution in [0.1, 0.15) is 12.2 Å². The van der Waals surface area contributed by atoms with Crippen molar-refractivity contribution in [1.82, 2.24) is 9.55 Å². The van der Waals surface area contributed by atoms with Gasteiger partial charge in [-0.05, 0) is 18.2 Å². The summed E-state index contributed by atoms with van der Waals surface area (Å²) in [6, 6.07) is 4.94. The van der Waals surface area contributed by atoms with Gasteiger partial charge in [0.1, 0.15) is 5.82 Å². The lowest BCUT2D eigenvalue weighted by molar-refractivity contribution is -0.140. The van der Waals surface area contributed by atoms with Crippen LogP contribution in [0, 0.1) is 0 Å². The van der Waals surface area contributed by atoms with Gasteiger partial charge >= 0.3 is 5.97 Å². The Balaban J connectivity index is 2.47. The van der Waals surface area contributed by atoms with E-state index in [1.54, 1.807) is 25.2 Å². The van der Waals surface area contributed by atoms with Crippen molar-refractivity contribution in [2.24, 2.45) is 7.05 Å². The van der Waals surface area contributed by atoms with E-state index in [-0.39, 0.29) is 17.9 Å². The van der Waals surface area contributed by atoms with Crippen LogP contribution < -0.4 is 5.56 Å². The maximum Gasteiger partial charge on any atom is 0.305 e. The Morgan fingerprint density at radius 2 is 2.21 bits per heavy atom. The molecule has 0 spiro atoms. The lowest BCUT2D eigenvalue weighted by Crippen LogP contribution is -2.23. The Kier molecular flexibility index (Phi) is 3.85. The average molecular weight is 281 g/mol. The molecule has 1 aromatic heterocycles. The maximum atomic E-state index is 12.1. The molecule has 0 aliphatic carbocycles. The number of ether oxygens (including phenoxy) is 1. The van der Waals surface area contributed by atoms with E-state index < -0.39 is 0 Å². The molecular weight excluding hydrogens is 268 g/mol. The van der Waals surface area contributed by atoms with Crippen LogP contribution in [0.15, 0.2) is 23.0 Å². The summed E-state index contributed by atoms with van der Waals surface area (Å²) in [5, 5.41) is 1.03. The van der Waals surface area contributed by atoms with Crippen LogP contribution in [-0.2, 0) is 23.0 Å². The van der Waals surface area contributed by atoms with Gasteiger partial charge in [-0.2, -0.15) is 0 Å². The molecule has 0 N–H and O–H groups in total. The number of carbonyl (C=O) groups is 1. The summed E-state index contributed by atoms with van der Waals surface area (Å²) >= 11 is 5.89. The molecule has 0 aliphatic rings. The number of fused-ring (bicyclic) bond motifs is 1. The second-order valence-electron chi connectivity index (χ2n) is 4.13. The van der Waals surface area contributed by atoms with Gasteiger partial charge in [0.05, 0.1) is 24.4 Å². The van der Waals surface area contributed by atoms with E-state index in [4.69, 9.17) is 11.6 Å². The van der Waals surface area contributed by atoms with Crippen LogP contribution >= 0.6 is 11.6 Å². The molecule has 0 unspecified atom stereocenters. The molecule has 0 atom stereocenters. The van der Waals surface area contributed by atoms with E-state index in [0.29, 0.717) is 28.2 Å². The summed E-state index contributed by atoms with van der Waals surface area (Å²) in [5.41, 5.74) is 0.386. The van der Waals surface area contributed by atoms with Gasteiger partial charge in [-0.3, -0.25) is 14.2 Å². The Morgan fingerprint density at radius 1 is 1.47 bits per heavy atom. The second-order valence-corrected chi connectivity index (χ2v) is 4.57. The van der Waals surface area contributed by atoms with Crippen molar-refractivity contribution in [2.75, 3.05) is 7.11 Å². The first-order valence-electron chi connectivity index (χ1n) is 5.75. The average Bonchev–Trinajstić information content (AvgIpc) is 2.40. The number of aryl methyl sites for hydroxylation is 1. The number of hydrogen-bond acceptors (Lipinski definition) is 4. The molecule has 0 saturated heterocycles. The highest BCUT2D eigenvalue weighted by atomic mass is 35.5. The molecule has 0 saturated carbocycles. The van der Waals surface area contributed by atoms with Crippen molar-refractivity contribution in [1.29, 1.82) is 0 Å². The van der Waals surface area contributed by atoms with Crippen molar-refractivity contribution in [3.05, 3.63) is 39.4 Å². The smallest absolute Gasteiger partial charge is 0.305 e. The number of rotatable bonds is 3. The van der Waals surface area contributed by atoms with Crippen LogP contribution in [0.5, 0.6) is 0 Å². The third-order valence-corrected chi connectivity index (χ3v) is 3.15. The Bertz CT molecular complexity index is 694. The van der Waals surface area contributed by atoms with E-state index in [2.05, 4.69) is 9.72 Å². The van der Waals surface area contributed by atoms with Gasteiger partial charge in [-0.15, -0.1) is 0 Å². The van der Waals surface area contributed by atoms with Crippen LogP contribution in [0.4, 0.5) is 0 Å². The first-order valence-corrected chi connectivity index (χ1v) is 6.12. The van der Waals surface area contributed by atoms with Crippen molar-refractivity contribution in [3.8, 4) is 0 Å². The molecule has 1 heterocycles. The van der Waals surface area contributed by atoms with Crippen LogP contribution in [0.2, 0.25) is 5.02 Å². The quantitative estimate of drug-likeness (QED) is 0.803. The number of hydrogen-bond donors (Lipinski definition) is 0. The highest BCUT2D eigenvalue weighted by Gasteiger charge is 2.10. The van der Waals surface area contributed by atoms with Crippen LogP contribution in [0.3, 0.4) is 0 Å². The van der Waals surface area contributed by atoms with Gasteiger partial charge in [0.2, 0.25) is 0 Å². The SMILES string of the molecule is COC(=O)CCc1nc2cc(Cl)ccc2c(=O)n1C. The third-order valence-electron chi connectivity index (χ3n) is 2.91. The first-order chi connectivity index (χ1) is 9.02. The standard InChI is InChI=1S/C13H13ClN2O3/c1-16-11(5-6-12(17)19-2)15-10-7-8(14)3-4-9(10)13(16)18/h3-4,7H,5-6H2,1-2H3. The summed E-state index contributed by atoms with van der Waals surface area (Å²) < 4.78 is 6.02. The Morgan fingerprint density at radius 3 is 2.89 bits per heavy atom. The molecule has 0 radical (unpaired) electrons. The van der Waals surface area contributed by atoms with E-state index >= 15 is 0 Å². The zero-order valence-electron chi connectivity index (χ0n) is 10.6. The summed E-state index contributed by atoms with van der Waals surface area (Å²) in [5.74, 6) is 0.200. The van der Waals surface area contributed by atoms with Crippen molar-refractivity contribution >= 4 is 28.5 Å². The molecule has 5 nitrogen and oxygen atoms in total. The summed E-state index contributed by atoms with van der Waals surface area (Å²) in [6.45, 7) is 0. The molecule has 19 heavy (non-hydrogen) atoms. The number of methoxy groups -OCH3 is 1. The molecule has 100 valence electrons. The van der Waals surface area contributed by atoms with Crippen LogP contribution in [-0.4, -0.2) is 22.6 Å². The number of halogens is 1. The van der Waals surface area contributed by atoms with E-state index in [0.717, 1.165) is 0 Å². The lowest BCUT2D eigenvalue weighted by atomic mass is 10.2. The number of esters is 1. The van der Waals surface area contributed by atoms with Gasteiger partial charge in [0.25, 0.3) is 5.56 Å². The normalized spacial score (nSPS) is 10.7. The fourth-order valence-corrected chi connectivity index (χ4v) is 2.00. The van der Waals surface area contributed by atoms with E-state index in [1.165, 1.54) is 11.7 Å². The maximum absolute atomic E-state index is 12.1. The minimum absolute atomic E-state index is 0.151. The first kappa shape index (κ1) is 13.5. The highest BCUT2D eigenvalue weighted by molar-refractivity contribution is 6.31. The topological polar surface area (TPSA) is 61.2 Å². The van der Waals surface area contributed by atoms with Gasteiger partial charge < -0.3 is 4.74 Å². The molecule has 0 amide bonds. The largest absolute Gasteiger partial charge is 0.469 e. The number of benzene rings is 1. The number of nitrogens with zero attached hydrogens (tertiary/aromatic N) is 2. The summed E-state index contributed by atoms with van der Waals surface area (Å²) in [7, 11) is 2.96. The zero-order valence-corrected chi connectivity index (χ0v) is 11.4. The molecule has 0 aliphatic heterocycles. The lowest BCUT2D eigenvalue weighted by Gasteiger charge is -2.08. The Hall–Kier alpha value is -1.88. The molecule has 0 bridgehead atoms. The number of carbonyl (C=O) groups excluding carboxylic acids is 1. The summed E-state index contributed by atoms with van der Waals surface area (Å²) in [6.07, 6.45) is 0.531. The van der Waals surface area contributed by atoms with Crippen molar-refractivity contribution in [3.63, 3.8) is 0 Å². The third kappa shape index (κ3) is 2.76. The van der Waals surface area contributed by atoms with Gasteiger partial charge in [-0.1, -0.05) is 11.6 Å². The van der Waals surface area contributed by atoms with Crippen molar-refractivity contribution in [2.45, 2.75) is 12.8 Å². The van der Waals surface area contributed by atoms with Gasteiger partial charge in [-0.25, -0.2) is 4.98 Å². The minimum Gasteiger partial charge on any atom is -0.469 e. The predicted molar refractivity (Wildman–Crippen MR) is 72.3 cm³/mol. The number of aromatic nitrogens is 2. The van der Waals surface area contributed by atoms with E-state index in [1.807, 2.05) is 0 Å².